The van der Waals surface area contributed by atoms with Gasteiger partial charge in [-0.3, -0.25) is 0 Å². The van der Waals surface area contributed by atoms with Crippen LogP contribution in [0.2, 0.25) is 0 Å². The number of rotatable bonds is 15. The summed E-state index contributed by atoms with van der Waals surface area (Å²) in [5, 5.41) is 0. The van der Waals surface area contributed by atoms with Gasteiger partial charge in [-0.1, -0.05) is 69.9 Å². The molecule has 1 aliphatic carbocycles. The molecule has 3 heteroatoms. The first kappa shape index (κ1) is 24.7. The molecular formula is C24H46O3. The van der Waals surface area contributed by atoms with E-state index < -0.39 is 5.97 Å². The van der Waals surface area contributed by atoms with E-state index in [1.807, 2.05) is 20.8 Å². The molecule has 1 atom stereocenters. The van der Waals surface area contributed by atoms with Crippen molar-refractivity contribution in [1.82, 2.24) is 0 Å². The fourth-order valence-corrected chi connectivity index (χ4v) is 4.28. The van der Waals surface area contributed by atoms with Crippen molar-refractivity contribution in [3.05, 3.63) is 11.6 Å². The molecule has 0 spiro atoms. The average Bonchev–Trinajstić information content (AvgIpc) is 2.62. The lowest BCUT2D eigenvalue weighted by atomic mass is 9.84. The maximum atomic E-state index is 6.21. The molecular weight excluding hydrogens is 336 g/mol. The van der Waals surface area contributed by atoms with Crippen molar-refractivity contribution < 1.29 is 14.2 Å². The largest absolute Gasteiger partial charge is 0.327 e. The predicted molar refractivity (Wildman–Crippen MR) is 115 cm³/mol. The molecule has 1 unspecified atom stereocenters. The van der Waals surface area contributed by atoms with Gasteiger partial charge in [0.15, 0.2) is 0 Å². The summed E-state index contributed by atoms with van der Waals surface area (Å²) in [5.41, 5.74) is 1.51. The van der Waals surface area contributed by atoms with Gasteiger partial charge in [0.1, 0.15) is 0 Å². The van der Waals surface area contributed by atoms with Crippen LogP contribution in [0.4, 0.5) is 0 Å². The first-order chi connectivity index (χ1) is 13.2. The zero-order chi connectivity index (χ0) is 19.8. The number of allylic oxidation sites excluding steroid dienone is 1. The van der Waals surface area contributed by atoms with Gasteiger partial charge in [-0.05, 0) is 52.9 Å². The Bertz CT molecular complexity index is 361. The van der Waals surface area contributed by atoms with Crippen LogP contribution in [0.1, 0.15) is 111 Å². The van der Waals surface area contributed by atoms with Crippen LogP contribution in [0.15, 0.2) is 11.6 Å². The van der Waals surface area contributed by atoms with Crippen molar-refractivity contribution in [1.29, 1.82) is 0 Å². The van der Waals surface area contributed by atoms with Crippen molar-refractivity contribution in [2.24, 2.45) is 5.92 Å². The molecule has 0 aromatic heterocycles. The van der Waals surface area contributed by atoms with Crippen LogP contribution in [-0.2, 0) is 14.2 Å². The molecule has 0 aliphatic heterocycles. The average molecular weight is 383 g/mol. The van der Waals surface area contributed by atoms with E-state index in [9.17, 15) is 0 Å². The first-order valence-electron chi connectivity index (χ1n) is 11.8. The molecule has 0 saturated carbocycles. The molecule has 0 amide bonds. The Morgan fingerprint density at radius 3 is 2.00 bits per heavy atom. The van der Waals surface area contributed by atoms with Crippen LogP contribution < -0.4 is 0 Å². The summed E-state index contributed by atoms with van der Waals surface area (Å²) in [5.74, 6) is -0.700. The van der Waals surface area contributed by atoms with E-state index in [1.54, 1.807) is 0 Å². The summed E-state index contributed by atoms with van der Waals surface area (Å²) in [6.45, 7) is 10.2. The van der Waals surface area contributed by atoms with E-state index in [4.69, 9.17) is 14.2 Å². The number of unbranched alkanes of at least 4 members (excludes halogenated alkanes) is 5. The lowest BCUT2D eigenvalue weighted by molar-refractivity contribution is -0.397. The maximum Gasteiger partial charge on any atom is 0.289 e. The standard InChI is InChI=1S/C24H46O3/c1-5-9-10-11-15-18-21-23(22-19-16-13-12-14-17-20-22)24(25-6-2,26-7-3)27-8-4/h19,23H,5-18,20-21H2,1-4H3. The summed E-state index contributed by atoms with van der Waals surface area (Å²) in [7, 11) is 0. The highest BCUT2D eigenvalue weighted by Gasteiger charge is 2.43. The Balaban J connectivity index is 2.93. The van der Waals surface area contributed by atoms with Crippen LogP contribution in [-0.4, -0.2) is 25.8 Å². The Morgan fingerprint density at radius 1 is 0.778 bits per heavy atom. The topological polar surface area (TPSA) is 27.7 Å². The molecule has 160 valence electrons. The van der Waals surface area contributed by atoms with Crippen molar-refractivity contribution in [2.45, 2.75) is 117 Å². The second-order valence-corrected chi connectivity index (χ2v) is 7.74. The van der Waals surface area contributed by atoms with Crippen molar-refractivity contribution in [3.8, 4) is 0 Å². The smallest absolute Gasteiger partial charge is 0.289 e. The van der Waals surface area contributed by atoms with Gasteiger partial charge in [0.05, 0.1) is 5.92 Å². The molecule has 0 N–H and O–H groups in total. The second-order valence-electron chi connectivity index (χ2n) is 7.74. The van der Waals surface area contributed by atoms with Crippen molar-refractivity contribution in [2.75, 3.05) is 19.8 Å². The molecule has 1 rings (SSSR count). The molecule has 3 nitrogen and oxygen atoms in total. The van der Waals surface area contributed by atoms with Crippen LogP contribution >= 0.6 is 0 Å². The van der Waals surface area contributed by atoms with E-state index in [0.717, 1.165) is 12.8 Å². The number of ether oxygens (including phenoxy) is 3. The van der Waals surface area contributed by atoms with E-state index in [2.05, 4.69) is 13.0 Å². The Kier molecular flexibility index (Phi) is 14.2. The lowest BCUT2D eigenvalue weighted by Crippen LogP contribution is -2.47. The minimum atomic E-state index is -0.910. The molecule has 0 fully saturated rings. The SMILES string of the molecule is CCCCCCCCC(C1=CCCCCCC1)C(OCC)(OCC)OCC. The Morgan fingerprint density at radius 2 is 1.37 bits per heavy atom. The zero-order valence-corrected chi connectivity index (χ0v) is 18.7. The van der Waals surface area contributed by atoms with Crippen molar-refractivity contribution in [3.63, 3.8) is 0 Å². The third kappa shape index (κ3) is 9.11. The van der Waals surface area contributed by atoms with Gasteiger partial charge >= 0.3 is 0 Å². The maximum absolute atomic E-state index is 6.21. The molecule has 0 aromatic carbocycles. The molecule has 0 bridgehead atoms. The van der Waals surface area contributed by atoms with E-state index in [1.165, 1.54) is 76.2 Å². The third-order valence-electron chi connectivity index (χ3n) is 5.58. The second kappa shape index (κ2) is 15.5. The van der Waals surface area contributed by atoms with Crippen molar-refractivity contribution >= 4 is 0 Å². The highest BCUT2D eigenvalue weighted by molar-refractivity contribution is 5.11. The van der Waals surface area contributed by atoms with Crippen LogP contribution in [0, 0.1) is 5.92 Å². The first-order valence-corrected chi connectivity index (χ1v) is 11.8. The summed E-state index contributed by atoms with van der Waals surface area (Å²) in [6, 6.07) is 0. The van der Waals surface area contributed by atoms with Crippen LogP contribution in [0.3, 0.4) is 0 Å². The van der Waals surface area contributed by atoms with Gasteiger partial charge in [-0.2, -0.15) is 0 Å². The van der Waals surface area contributed by atoms with Gasteiger partial charge in [-0.15, -0.1) is 0 Å². The van der Waals surface area contributed by atoms with Gasteiger partial charge in [0.2, 0.25) is 0 Å². The molecule has 0 aromatic rings. The van der Waals surface area contributed by atoms with Crippen LogP contribution in [0.25, 0.3) is 0 Å². The quantitative estimate of drug-likeness (QED) is 0.168. The van der Waals surface area contributed by atoms with Gasteiger partial charge < -0.3 is 14.2 Å². The van der Waals surface area contributed by atoms with Crippen LogP contribution in [0.5, 0.6) is 0 Å². The molecule has 0 radical (unpaired) electrons. The summed E-state index contributed by atoms with van der Waals surface area (Å²) in [6.07, 6.45) is 19.1. The lowest BCUT2D eigenvalue weighted by Gasteiger charge is -2.40. The highest BCUT2D eigenvalue weighted by atomic mass is 16.9. The summed E-state index contributed by atoms with van der Waals surface area (Å²) < 4.78 is 18.6. The Hall–Kier alpha value is -0.380. The minimum Gasteiger partial charge on any atom is -0.327 e. The number of hydrogen-bond acceptors (Lipinski definition) is 3. The Labute approximate surface area is 169 Å². The molecule has 0 saturated heterocycles. The molecule has 27 heavy (non-hydrogen) atoms. The predicted octanol–water partition coefficient (Wildman–Crippen LogP) is 7.40. The minimum absolute atomic E-state index is 0.210. The fraction of sp³-hybridized carbons (Fsp3) is 0.917. The zero-order valence-electron chi connectivity index (χ0n) is 18.7. The van der Waals surface area contributed by atoms with E-state index >= 15 is 0 Å². The van der Waals surface area contributed by atoms with Gasteiger partial charge in [-0.25, -0.2) is 0 Å². The van der Waals surface area contributed by atoms with Gasteiger partial charge in [0.25, 0.3) is 5.97 Å². The molecule has 0 heterocycles. The monoisotopic (exact) mass is 382 g/mol. The van der Waals surface area contributed by atoms with E-state index in [0.29, 0.717) is 19.8 Å². The normalized spacial score (nSPS) is 17.3. The molecule has 1 aliphatic rings. The fourth-order valence-electron chi connectivity index (χ4n) is 4.28. The van der Waals surface area contributed by atoms with Gasteiger partial charge in [0, 0.05) is 19.8 Å². The third-order valence-corrected chi connectivity index (χ3v) is 5.58. The summed E-state index contributed by atoms with van der Waals surface area (Å²) in [4.78, 5) is 0. The number of hydrogen-bond donors (Lipinski definition) is 0. The highest BCUT2D eigenvalue weighted by Crippen LogP contribution is 2.39. The van der Waals surface area contributed by atoms with E-state index in [-0.39, 0.29) is 5.92 Å². The summed E-state index contributed by atoms with van der Waals surface area (Å²) >= 11 is 0.